The standard InChI is InChI=1S/C22H18F3N3O3/c1-12-20(13(2)31-28-12)21(29)27-19-10-26-18-8-7-16(9-17(18)19)30-11-14-3-5-15(6-4-14)22(23,24)25/h3-10,26H,11H2,1-2H3,(H,27,29). The van der Waals surface area contributed by atoms with Crippen molar-refractivity contribution in [2.24, 2.45) is 0 Å². The smallest absolute Gasteiger partial charge is 0.416 e. The van der Waals surface area contributed by atoms with Crippen molar-refractivity contribution in [3.63, 3.8) is 0 Å². The maximum atomic E-state index is 12.7. The van der Waals surface area contributed by atoms with Crippen LogP contribution in [0.3, 0.4) is 0 Å². The Labute approximate surface area is 175 Å². The number of nitrogens with zero attached hydrogens (tertiary/aromatic N) is 1. The molecule has 6 nitrogen and oxygen atoms in total. The van der Waals surface area contributed by atoms with Crippen LogP contribution in [0.5, 0.6) is 5.75 Å². The predicted molar refractivity (Wildman–Crippen MR) is 108 cm³/mol. The zero-order chi connectivity index (χ0) is 22.2. The number of carbonyl (C=O) groups excluding carboxylic acids is 1. The molecule has 0 saturated carbocycles. The van der Waals surface area contributed by atoms with Crippen LogP contribution >= 0.6 is 0 Å². The molecule has 9 heteroatoms. The van der Waals surface area contributed by atoms with Gasteiger partial charge in [-0.2, -0.15) is 13.2 Å². The molecule has 160 valence electrons. The van der Waals surface area contributed by atoms with Gasteiger partial charge in [0, 0.05) is 17.1 Å². The van der Waals surface area contributed by atoms with E-state index < -0.39 is 11.7 Å². The third kappa shape index (κ3) is 4.25. The second kappa shape index (κ2) is 7.82. The quantitative estimate of drug-likeness (QED) is 0.431. The number of nitrogens with one attached hydrogen (secondary N) is 2. The molecule has 1 amide bonds. The molecule has 0 bridgehead atoms. The van der Waals surface area contributed by atoms with Crippen molar-refractivity contribution in [2.75, 3.05) is 5.32 Å². The molecule has 0 aliphatic heterocycles. The van der Waals surface area contributed by atoms with Crippen LogP contribution in [-0.2, 0) is 12.8 Å². The highest BCUT2D eigenvalue weighted by Crippen LogP contribution is 2.30. The van der Waals surface area contributed by atoms with Crippen LogP contribution in [0.1, 0.15) is 32.9 Å². The third-order valence-electron chi connectivity index (χ3n) is 4.85. The average Bonchev–Trinajstić information content (AvgIpc) is 3.28. The van der Waals surface area contributed by atoms with E-state index in [-0.39, 0.29) is 12.5 Å². The highest BCUT2D eigenvalue weighted by Gasteiger charge is 2.29. The molecule has 2 heterocycles. The lowest BCUT2D eigenvalue weighted by molar-refractivity contribution is -0.137. The van der Waals surface area contributed by atoms with Crippen molar-refractivity contribution in [2.45, 2.75) is 26.6 Å². The second-order valence-corrected chi connectivity index (χ2v) is 7.05. The normalized spacial score (nSPS) is 11.6. The van der Waals surface area contributed by atoms with E-state index in [1.54, 1.807) is 38.2 Å². The van der Waals surface area contributed by atoms with Crippen molar-refractivity contribution in [3.8, 4) is 5.75 Å². The SMILES string of the molecule is Cc1noc(C)c1C(=O)Nc1c[nH]c2ccc(OCc3ccc(C(F)(F)F)cc3)cc12. The Morgan fingerprint density at radius 3 is 2.55 bits per heavy atom. The van der Waals surface area contributed by atoms with E-state index in [9.17, 15) is 18.0 Å². The maximum absolute atomic E-state index is 12.7. The number of amides is 1. The number of ether oxygens (including phenoxy) is 1. The molecule has 4 aromatic rings. The number of aromatic amines is 1. The zero-order valence-electron chi connectivity index (χ0n) is 16.6. The van der Waals surface area contributed by atoms with Crippen LogP contribution in [0, 0.1) is 13.8 Å². The Kier molecular flexibility index (Phi) is 5.18. The Morgan fingerprint density at radius 2 is 1.90 bits per heavy atom. The van der Waals surface area contributed by atoms with Crippen LogP contribution in [0.4, 0.5) is 18.9 Å². The number of halogens is 3. The van der Waals surface area contributed by atoms with Crippen LogP contribution in [0.2, 0.25) is 0 Å². The summed E-state index contributed by atoms with van der Waals surface area (Å²) in [5.74, 6) is 0.600. The molecule has 0 saturated heterocycles. The molecule has 2 N–H and O–H groups in total. The molecular formula is C22H18F3N3O3. The predicted octanol–water partition coefficient (Wildman–Crippen LogP) is 5.62. The van der Waals surface area contributed by atoms with Gasteiger partial charge >= 0.3 is 6.18 Å². The molecular weight excluding hydrogens is 411 g/mol. The first-order valence-corrected chi connectivity index (χ1v) is 9.36. The summed E-state index contributed by atoms with van der Waals surface area (Å²) < 4.78 is 48.8. The first-order valence-electron chi connectivity index (χ1n) is 9.36. The summed E-state index contributed by atoms with van der Waals surface area (Å²) in [6.07, 6.45) is -2.70. The fraction of sp³-hybridized carbons (Fsp3) is 0.182. The number of aryl methyl sites for hydroxylation is 2. The van der Waals surface area contributed by atoms with E-state index in [4.69, 9.17) is 9.26 Å². The fourth-order valence-electron chi connectivity index (χ4n) is 3.24. The summed E-state index contributed by atoms with van der Waals surface area (Å²) in [5, 5.41) is 7.35. The Morgan fingerprint density at radius 1 is 1.16 bits per heavy atom. The molecule has 2 aromatic heterocycles. The van der Waals surface area contributed by atoms with Crippen LogP contribution in [0.15, 0.2) is 53.2 Å². The van der Waals surface area contributed by atoms with Crippen molar-refractivity contribution in [1.29, 1.82) is 0 Å². The van der Waals surface area contributed by atoms with Crippen molar-refractivity contribution < 1.29 is 27.2 Å². The van der Waals surface area contributed by atoms with E-state index in [0.717, 1.165) is 23.0 Å². The van der Waals surface area contributed by atoms with Gasteiger partial charge in [0.25, 0.3) is 5.91 Å². The zero-order valence-corrected chi connectivity index (χ0v) is 16.6. The Hall–Kier alpha value is -3.75. The van der Waals surface area contributed by atoms with Gasteiger partial charge in [0.15, 0.2) is 0 Å². The molecule has 0 unspecified atom stereocenters. The molecule has 4 rings (SSSR count). The summed E-state index contributed by atoms with van der Waals surface area (Å²) in [5.41, 5.74) is 2.12. The molecule has 0 fully saturated rings. The van der Waals surface area contributed by atoms with Crippen LogP contribution in [0.25, 0.3) is 10.9 Å². The summed E-state index contributed by atoms with van der Waals surface area (Å²) in [7, 11) is 0. The van der Waals surface area contributed by atoms with Crippen LogP contribution in [-0.4, -0.2) is 16.0 Å². The van der Waals surface area contributed by atoms with Gasteiger partial charge in [-0.25, -0.2) is 0 Å². The van der Waals surface area contributed by atoms with Gasteiger partial charge in [-0.15, -0.1) is 0 Å². The van der Waals surface area contributed by atoms with E-state index in [1.807, 2.05) is 0 Å². The Bertz CT molecular complexity index is 1220. The first kappa shape index (κ1) is 20.5. The van der Waals surface area contributed by atoms with Gasteiger partial charge in [0.2, 0.25) is 0 Å². The minimum Gasteiger partial charge on any atom is -0.489 e. The summed E-state index contributed by atoms with van der Waals surface area (Å²) in [6.45, 7) is 3.46. The number of aromatic nitrogens is 2. The lowest BCUT2D eigenvalue weighted by Crippen LogP contribution is -2.13. The van der Waals surface area contributed by atoms with E-state index in [2.05, 4.69) is 15.5 Å². The molecule has 0 aliphatic carbocycles. The first-order chi connectivity index (χ1) is 14.7. The number of hydrogen-bond donors (Lipinski definition) is 2. The molecule has 31 heavy (non-hydrogen) atoms. The number of benzene rings is 2. The van der Waals surface area contributed by atoms with Crippen LogP contribution < -0.4 is 10.1 Å². The maximum Gasteiger partial charge on any atom is 0.416 e. The number of rotatable bonds is 5. The summed E-state index contributed by atoms with van der Waals surface area (Å²) in [4.78, 5) is 15.7. The molecule has 2 aromatic carbocycles. The number of carbonyl (C=O) groups is 1. The van der Waals surface area contributed by atoms with Crippen molar-refractivity contribution >= 4 is 22.5 Å². The monoisotopic (exact) mass is 429 g/mol. The fourth-order valence-corrected chi connectivity index (χ4v) is 3.24. The van der Waals surface area contributed by atoms with Gasteiger partial charge in [-0.1, -0.05) is 17.3 Å². The van der Waals surface area contributed by atoms with Gasteiger partial charge < -0.3 is 19.6 Å². The summed E-state index contributed by atoms with van der Waals surface area (Å²) in [6, 6.07) is 10.1. The lowest BCUT2D eigenvalue weighted by atomic mass is 10.1. The molecule has 0 atom stereocenters. The molecule has 0 radical (unpaired) electrons. The number of hydrogen-bond acceptors (Lipinski definition) is 4. The largest absolute Gasteiger partial charge is 0.489 e. The number of H-pyrrole nitrogens is 1. The minimum absolute atomic E-state index is 0.106. The van der Waals surface area contributed by atoms with Crippen molar-refractivity contribution in [3.05, 3.63) is 76.8 Å². The highest BCUT2D eigenvalue weighted by molar-refractivity contribution is 6.10. The van der Waals surface area contributed by atoms with Gasteiger partial charge in [0.05, 0.1) is 16.9 Å². The van der Waals surface area contributed by atoms with Gasteiger partial charge in [0.1, 0.15) is 23.7 Å². The minimum atomic E-state index is -4.37. The average molecular weight is 429 g/mol. The van der Waals surface area contributed by atoms with E-state index >= 15 is 0 Å². The second-order valence-electron chi connectivity index (χ2n) is 7.05. The number of anilines is 1. The number of fused-ring (bicyclic) bond motifs is 1. The number of alkyl halides is 3. The lowest BCUT2D eigenvalue weighted by Gasteiger charge is -2.10. The van der Waals surface area contributed by atoms with Gasteiger partial charge in [-0.3, -0.25) is 4.79 Å². The van der Waals surface area contributed by atoms with Crippen molar-refractivity contribution in [1.82, 2.24) is 10.1 Å². The topological polar surface area (TPSA) is 80.2 Å². The molecule has 0 spiro atoms. The highest BCUT2D eigenvalue weighted by atomic mass is 19.4. The van der Waals surface area contributed by atoms with E-state index in [1.165, 1.54) is 12.1 Å². The molecule has 0 aliphatic rings. The van der Waals surface area contributed by atoms with E-state index in [0.29, 0.717) is 34.0 Å². The van der Waals surface area contributed by atoms with Gasteiger partial charge in [-0.05, 0) is 49.7 Å². The third-order valence-corrected chi connectivity index (χ3v) is 4.85. The summed E-state index contributed by atoms with van der Waals surface area (Å²) >= 11 is 0. The Balaban J connectivity index is 1.50.